The highest BCUT2D eigenvalue weighted by molar-refractivity contribution is 6.08. The van der Waals surface area contributed by atoms with Gasteiger partial charge in [-0.1, -0.05) is 12.1 Å². The Morgan fingerprint density at radius 1 is 1.25 bits per heavy atom. The normalized spacial score (nSPS) is 10.6. The standard InChI is InChI=1S/C12H13FN2Si/c1-8-2-3-10(4-11(8)13)12-14-5-9(7-16)6-15-12/h2-6H,7H2,1,16H3. The van der Waals surface area contributed by atoms with E-state index in [0.717, 1.165) is 27.4 Å². The maximum Gasteiger partial charge on any atom is 0.159 e. The van der Waals surface area contributed by atoms with Crippen molar-refractivity contribution >= 4 is 10.2 Å². The summed E-state index contributed by atoms with van der Waals surface area (Å²) in [4.78, 5) is 8.47. The van der Waals surface area contributed by atoms with E-state index < -0.39 is 0 Å². The summed E-state index contributed by atoms with van der Waals surface area (Å²) in [6.07, 6.45) is 3.63. The zero-order valence-corrected chi connectivity index (χ0v) is 11.4. The summed E-state index contributed by atoms with van der Waals surface area (Å²) in [5, 5.41) is 0. The van der Waals surface area contributed by atoms with Crippen molar-refractivity contribution in [3.8, 4) is 11.4 Å². The SMILES string of the molecule is Cc1ccc(-c2ncc(C[SiH3])cn2)cc1F. The van der Waals surface area contributed by atoms with Crippen LogP contribution in [0.3, 0.4) is 0 Å². The fraction of sp³-hybridized carbons (Fsp3) is 0.167. The summed E-state index contributed by atoms with van der Waals surface area (Å²) in [6, 6.07) is 6.11. The number of aromatic nitrogens is 2. The quantitative estimate of drug-likeness (QED) is 0.733. The first kappa shape index (κ1) is 10.9. The fourth-order valence-electron chi connectivity index (χ4n) is 1.42. The van der Waals surface area contributed by atoms with Gasteiger partial charge in [0.25, 0.3) is 0 Å². The summed E-state index contributed by atoms with van der Waals surface area (Å²) in [5.74, 6) is 0.367. The molecule has 0 saturated heterocycles. The lowest BCUT2D eigenvalue weighted by Gasteiger charge is -2.02. The molecule has 1 heterocycles. The second kappa shape index (κ2) is 4.53. The Morgan fingerprint density at radius 3 is 2.50 bits per heavy atom. The van der Waals surface area contributed by atoms with Crippen molar-refractivity contribution in [2.75, 3.05) is 0 Å². The molecule has 4 heteroatoms. The van der Waals surface area contributed by atoms with E-state index in [2.05, 4.69) is 9.97 Å². The van der Waals surface area contributed by atoms with Crippen molar-refractivity contribution < 1.29 is 4.39 Å². The Hall–Kier alpha value is -1.55. The van der Waals surface area contributed by atoms with Gasteiger partial charge in [-0.15, -0.1) is 0 Å². The molecule has 0 saturated carbocycles. The molecule has 2 aromatic rings. The van der Waals surface area contributed by atoms with Gasteiger partial charge in [0.1, 0.15) is 5.82 Å². The van der Waals surface area contributed by atoms with Crippen molar-refractivity contribution in [1.82, 2.24) is 9.97 Å². The Bertz CT molecular complexity index is 497. The smallest absolute Gasteiger partial charge is 0.159 e. The lowest BCUT2D eigenvalue weighted by atomic mass is 10.1. The monoisotopic (exact) mass is 232 g/mol. The van der Waals surface area contributed by atoms with Gasteiger partial charge < -0.3 is 0 Å². The van der Waals surface area contributed by atoms with E-state index in [9.17, 15) is 4.39 Å². The van der Waals surface area contributed by atoms with Crippen LogP contribution in [0.2, 0.25) is 0 Å². The molecule has 16 heavy (non-hydrogen) atoms. The zero-order valence-electron chi connectivity index (χ0n) is 9.37. The predicted octanol–water partition coefficient (Wildman–Crippen LogP) is 1.46. The van der Waals surface area contributed by atoms with Crippen LogP contribution < -0.4 is 0 Å². The minimum absolute atomic E-state index is 0.215. The minimum atomic E-state index is -0.215. The molecule has 0 bridgehead atoms. The van der Waals surface area contributed by atoms with Gasteiger partial charge in [0.05, 0.1) is 0 Å². The first-order chi connectivity index (χ1) is 7.70. The molecule has 2 rings (SSSR count). The van der Waals surface area contributed by atoms with Crippen LogP contribution in [0.15, 0.2) is 30.6 Å². The van der Waals surface area contributed by atoms with Crippen LogP contribution in [-0.4, -0.2) is 20.2 Å². The molecule has 0 aliphatic carbocycles. The van der Waals surface area contributed by atoms with Crippen molar-refractivity contribution in [3.63, 3.8) is 0 Å². The van der Waals surface area contributed by atoms with Crippen molar-refractivity contribution in [2.24, 2.45) is 0 Å². The summed E-state index contributed by atoms with van der Waals surface area (Å²) in [7, 11) is 1.10. The van der Waals surface area contributed by atoms with Crippen molar-refractivity contribution in [1.29, 1.82) is 0 Å². The Labute approximate surface area is 97.0 Å². The van der Waals surface area contributed by atoms with Gasteiger partial charge in [-0.2, -0.15) is 0 Å². The van der Waals surface area contributed by atoms with Crippen LogP contribution in [0, 0.1) is 12.7 Å². The maximum atomic E-state index is 13.4. The largest absolute Gasteiger partial charge is 0.236 e. The number of halogens is 1. The van der Waals surface area contributed by atoms with Crippen molar-refractivity contribution in [2.45, 2.75) is 13.0 Å². The van der Waals surface area contributed by atoms with E-state index in [0.29, 0.717) is 11.4 Å². The van der Waals surface area contributed by atoms with Crippen LogP contribution in [0.5, 0.6) is 0 Å². The maximum absolute atomic E-state index is 13.4. The molecule has 0 unspecified atom stereocenters. The number of benzene rings is 1. The summed E-state index contributed by atoms with van der Waals surface area (Å²) < 4.78 is 13.4. The molecule has 1 aromatic carbocycles. The number of aryl methyl sites for hydroxylation is 1. The van der Waals surface area contributed by atoms with Crippen molar-refractivity contribution in [3.05, 3.63) is 47.5 Å². The molecular weight excluding hydrogens is 219 g/mol. The van der Waals surface area contributed by atoms with Crippen LogP contribution in [-0.2, 0) is 6.04 Å². The van der Waals surface area contributed by atoms with Gasteiger partial charge in [0, 0.05) is 28.2 Å². The molecule has 2 nitrogen and oxygen atoms in total. The first-order valence-electron chi connectivity index (χ1n) is 5.28. The van der Waals surface area contributed by atoms with E-state index in [-0.39, 0.29) is 5.82 Å². The second-order valence-corrected chi connectivity index (χ2v) is 4.44. The van der Waals surface area contributed by atoms with Gasteiger partial charge in [0.15, 0.2) is 5.82 Å². The molecule has 0 N–H and O–H groups in total. The third-order valence-electron chi connectivity index (χ3n) is 2.54. The molecule has 82 valence electrons. The molecule has 0 radical (unpaired) electrons. The highest BCUT2D eigenvalue weighted by atomic mass is 28.1. The molecule has 0 fully saturated rings. The second-order valence-electron chi connectivity index (χ2n) is 3.73. The summed E-state index contributed by atoms with van der Waals surface area (Å²) in [5.41, 5.74) is 2.51. The van der Waals surface area contributed by atoms with E-state index in [1.807, 2.05) is 18.5 Å². The van der Waals surface area contributed by atoms with Crippen LogP contribution in [0.1, 0.15) is 11.1 Å². The fourth-order valence-corrected chi connectivity index (χ4v) is 1.78. The number of rotatable bonds is 2. The van der Waals surface area contributed by atoms with Crippen LogP contribution in [0.4, 0.5) is 4.39 Å². The average molecular weight is 232 g/mol. The highest BCUT2D eigenvalue weighted by Gasteiger charge is 2.04. The van der Waals surface area contributed by atoms with E-state index in [1.165, 1.54) is 6.07 Å². The Kier molecular flexibility index (Phi) is 3.10. The molecule has 0 spiro atoms. The number of hydrogen-bond donors (Lipinski definition) is 0. The summed E-state index contributed by atoms with van der Waals surface area (Å²) >= 11 is 0. The molecule has 0 amide bonds. The average Bonchev–Trinajstić information content (AvgIpc) is 2.33. The van der Waals surface area contributed by atoms with E-state index in [1.54, 1.807) is 13.0 Å². The summed E-state index contributed by atoms with van der Waals surface area (Å²) in [6.45, 7) is 1.74. The lowest BCUT2D eigenvalue weighted by Crippen LogP contribution is -1.93. The van der Waals surface area contributed by atoms with Gasteiger partial charge in [0.2, 0.25) is 0 Å². The first-order valence-corrected chi connectivity index (χ1v) is 6.69. The number of nitrogens with zero attached hydrogens (tertiary/aromatic N) is 2. The zero-order chi connectivity index (χ0) is 11.5. The highest BCUT2D eigenvalue weighted by Crippen LogP contribution is 2.17. The molecule has 0 aliphatic heterocycles. The third-order valence-corrected chi connectivity index (χ3v) is 3.36. The Morgan fingerprint density at radius 2 is 1.94 bits per heavy atom. The van der Waals surface area contributed by atoms with Gasteiger partial charge in [-0.3, -0.25) is 0 Å². The molecular formula is C12H13FN2Si. The van der Waals surface area contributed by atoms with Gasteiger partial charge >= 0.3 is 0 Å². The minimum Gasteiger partial charge on any atom is -0.236 e. The molecule has 0 aliphatic rings. The Balaban J connectivity index is 2.38. The topological polar surface area (TPSA) is 25.8 Å². The van der Waals surface area contributed by atoms with E-state index >= 15 is 0 Å². The number of hydrogen-bond acceptors (Lipinski definition) is 2. The van der Waals surface area contributed by atoms with Crippen LogP contribution >= 0.6 is 0 Å². The third kappa shape index (κ3) is 2.16. The predicted molar refractivity (Wildman–Crippen MR) is 65.8 cm³/mol. The molecule has 1 aromatic heterocycles. The van der Waals surface area contributed by atoms with Gasteiger partial charge in [-0.05, 0) is 30.2 Å². The van der Waals surface area contributed by atoms with Crippen LogP contribution in [0.25, 0.3) is 11.4 Å². The lowest BCUT2D eigenvalue weighted by molar-refractivity contribution is 0.619. The molecule has 0 atom stereocenters. The van der Waals surface area contributed by atoms with E-state index in [4.69, 9.17) is 0 Å². The van der Waals surface area contributed by atoms with Gasteiger partial charge in [-0.25, -0.2) is 14.4 Å².